The summed E-state index contributed by atoms with van der Waals surface area (Å²) in [5, 5.41) is 4.35. The van der Waals surface area contributed by atoms with Crippen molar-refractivity contribution >= 4 is 34.1 Å². The summed E-state index contributed by atoms with van der Waals surface area (Å²) in [7, 11) is 0. The lowest BCUT2D eigenvalue weighted by Gasteiger charge is -2.27. The smallest absolute Gasteiger partial charge is 0.274 e. The van der Waals surface area contributed by atoms with Gasteiger partial charge in [0.15, 0.2) is 0 Å². The van der Waals surface area contributed by atoms with Crippen molar-refractivity contribution in [1.29, 1.82) is 0 Å². The predicted octanol–water partition coefficient (Wildman–Crippen LogP) is 4.63. The molecule has 6 nitrogen and oxygen atoms in total. The van der Waals surface area contributed by atoms with Crippen LogP contribution in [0.1, 0.15) is 21.9 Å². The fraction of sp³-hybridized carbons (Fsp3) is 0.280. The second-order valence-electron chi connectivity index (χ2n) is 8.59. The number of aromatic nitrogens is 3. The zero-order chi connectivity index (χ0) is 21.7. The summed E-state index contributed by atoms with van der Waals surface area (Å²) in [5.41, 5.74) is 3.37. The van der Waals surface area contributed by atoms with Crippen molar-refractivity contribution in [2.75, 3.05) is 18.4 Å². The Morgan fingerprint density at radius 1 is 1.09 bits per heavy atom. The maximum absolute atomic E-state index is 13.6. The number of fused-ring (bicyclic) bond motifs is 2. The average molecular weight is 442 g/mol. The van der Waals surface area contributed by atoms with E-state index in [-0.39, 0.29) is 11.9 Å². The van der Waals surface area contributed by atoms with Gasteiger partial charge in [0.2, 0.25) is 0 Å². The molecule has 1 saturated heterocycles. The minimum atomic E-state index is 0.0387. The lowest BCUT2D eigenvalue weighted by molar-refractivity contribution is 0.0711. The second kappa shape index (κ2) is 7.67. The van der Waals surface area contributed by atoms with Crippen molar-refractivity contribution in [3.63, 3.8) is 0 Å². The summed E-state index contributed by atoms with van der Waals surface area (Å²) in [6.07, 6.45) is 2.96. The number of thiazole rings is 1. The van der Waals surface area contributed by atoms with E-state index in [0.29, 0.717) is 24.1 Å². The summed E-state index contributed by atoms with van der Waals surface area (Å²) in [4.78, 5) is 30.4. The van der Waals surface area contributed by atoms with Gasteiger partial charge in [0.05, 0.1) is 33.2 Å². The molecular weight excluding hydrogens is 418 g/mol. The third-order valence-electron chi connectivity index (χ3n) is 6.48. The molecule has 3 heterocycles. The van der Waals surface area contributed by atoms with Gasteiger partial charge in [0.1, 0.15) is 11.5 Å². The monoisotopic (exact) mass is 441 g/mol. The molecule has 3 unspecified atom stereocenters. The zero-order valence-corrected chi connectivity index (χ0v) is 18.5. The molecule has 0 spiro atoms. The SMILES string of the molecule is Cc1nc(C(=O)N2CC3CC3C2CNc2cnc3ccccc3n2)c(-c2ccccc2)s1. The zero-order valence-electron chi connectivity index (χ0n) is 17.7. The standard InChI is InChI=1S/C25H23N5OS/c1-15-28-23(24(32-15)16-7-3-2-4-8-16)25(31)30-14-17-11-18(17)21(30)12-27-22-13-26-19-9-5-6-10-20(19)29-22/h2-10,13,17-18,21H,11-12,14H2,1H3,(H,27,29). The Kier molecular flexibility index (Phi) is 4.64. The number of nitrogens with one attached hydrogen (secondary N) is 1. The maximum Gasteiger partial charge on any atom is 0.274 e. The number of para-hydroxylation sites is 2. The van der Waals surface area contributed by atoms with Crippen molar-refractivity contribution in [1.82, 2.24) is 19.9 Å². The van der Waals surface area contributed by atoms with E-state index in [1.165, 1.54) is 6.42 Å². The Morgan fingerprint density at radius 3 is 2.72 bits per heavy atom. The lowest BCUT2D eigenvalue weighted by atomic mass is 10.1. The van der Waals surface area contributed by atoms with Crippen molar-refractivity contribution < 1.29 is 4.79 Å². The van der Waals surface area contributed by atoms with Crippen LogP contribution < -0.4 is 5.32 Å². The molecule has 1 saturated carbocycles. The number of carbonyl (C=O) groups excluding carboxylic acids is 1. The topological polar surface area (TPSA) is 71.0 Å². The van der Waals surface area contributed by atoms with Gasteiger partial charge in [-0.25, -0.2) is 9.97 Å². The van der Waals surface area contributed by atoms with E-state index in [4.69, 9.17) is 0 Å². The molecule has 1 amide bonds. The quantitative estimate of drug-likeness (QED) is 0.489. The Morgan fingerprint density at radius 2 is 1.88 bits per heavy atom. The van der Waals surface area contributed by atoms with E-state index in [0.717, 1.165) is 38.8 Å². The molecule has 2 aliphatic rings. The van der Waals surface area contributed by atoms with E-state index in [2.05, 4.69) is 20.3 Å². The normalized spacial score (nSPS) is 21.5. The highest BCUT2D eigenvalue weighted by Crippen LogP contribution is 2.50. The van der Waals surface area contributed by atoms with Crippen LogP contribution >= 0.6 is 11.3 Å². The summed E-state index contributed by atoms with van der Waals surface area (Å²) in [6.45, 7) is 3.44. The van der Waals surface area contributed by atoms with Gasteiger partial charge < -0.3 is 10.2 Å². The number of carbonyl (C=O) groups is 1. The van der Waals surface area contributed by atoms with Crippen molar-refractivity contribution in [3.05, 3.63) is 71.5 Å². The number of hydrogen-bond acceptors (Lipinski definition) is 6. The first-order chi connectivity index (χ1) is 15.7. The molecule has 3 atom stereocenters. The van der Waals surface area contributed by atoms with Crippen LogP contribution in [-0.2, 0) is 0 Å². The van der Waals surface area contributed by atoms with Crippen LogP contribution in [0, 0.1) is 18.8 Å². The highest BCUT2D eigenvalue weighted by atomic mass is 32.1. The molecule has 32 heavy (non-hydrogen) atoms. The predicted molar refractivity (Wildman–Crippen MR) is 127 cm³/mol. The first kappa shape index (κ1) is 19.4. The molecule has 6 rings (SSSR count). The molecule has 160 valence electrons. The van der Waals surface area contributed by atoms with E-state index in [1.54, 1.807) is 17.5 Å². The van der Waals surface area contributed by atoms with Gasteiger partial charge in [-0.1, -0.05) is 42.5 Å². The van der Waals surface area contributed by atoms with E-state index < -0.39 is 0 Å². The molecule has 2 aromatic heterocycles. The van der Waals surface area contributed by atoms with Crippen LogP contribution in [0.15, 0.2) is 60.8 Å². The molecule has 0 radical (unpaired) electrons. The van der Waals surface area contributed by atoms with Gasteiger partial charge in [-0.3, -0.25) is 9.78 Å². The van der Waals surface area contributed by atoms with E-state index in [9.17, 15) is 4.79 Å². The van der Waals surface area contributed by atoms with Crippen LogP contribution in [0.3, 0.4) is 0 Å². The number of amides is 1. The first-order valence-corrected chi connectivity index (χ1v) is 11.8. The van der Waals surface area contributed by atoms with Crippen molar-refractivity contribution in [2.45, 2.75) is 19.4 Å². The van der Waals surface area contributed by atoms with Gasteiger partial charge >= 0.3 is 0 Å². The van der Waals surface area contributed by atoms with Gasteiger partial charge in [-0.15, -0.1) is 11.3 Å². The number of nitrogens with zero attached hydrogens (tertiary/aromatic N) is 4. The number of likely N-dealkylation sites (tertiary alicyclic amines) is 1. The largest absolute Gasteiger partial charge is 0.367 e. The van der Waals surface area contributed by atoms with E-state index >= 15 is 0 Å². The third kappa shape index (κ3) is 3.42. The fourth-order valence-electron chi connectivity index (χ4n) is 4.81. The summed E-state index contributed by atoms with van der Waals surface area (Å²) in [5.74, 6) is 1.94. The van der Waals surface area contributed by atoms with Gasteiger partial charge in [-0.2, -0.15) is 0 Å². The molecule has 2 fully saturated rings. The molecule has 1 N–H and O–H groups in total. The van der Waals surface area contributed by atoms with Crippen LogP contribution in [0.25, 0.3) is 21.5 Å². The summed E-state index contributed by atoms with van der Waals surface area (Å²) < 4.78 is 0. The lowest BCUT2D eigenvalue weighted by Crippen LogP contribution is -2.42. The van der Waals surface area contributed by atoms with Gasteiger partial charge in [0, 0.05) is 13.1 Å². The van der Waals surface area contributed by atoms with Gasteiger partial charge in [0.25, 0.3) is 5.91 Å². The third-order valence-corrected chi connectivity index (χ3v) is 7.50. The molecule has 1 aliphatic heterocycles. The minimum Gasteiger partial charge on any atom is -0.367 e. The Balaban J connectivity index is 1.24. The van der Waals surface area contributed by atoms with E-state index in [1.807, 2.05) is 66.4 Å². The Bertz CT molecular complexity index is 1300. The fourth-order valence-corrected chi connectivity index (χ4v) is 5.73. The number of anilines is 1. The average Bonchev–Trinajstić information content (AvgIpc) is 3.34. The minimum absolute atomic E-state index is 0.0387. The Labute approximate surface area is 190 Å². The number of piperidine rings is 1. The summed E-state index contributed by atoms with van der Waals surface area (Å²) in [6, 6.07) is 18.1. The number of aryl methyl sites for hydroxylation is 1. The van der Waals surface area contributed by atoms with Crippen LogP contribution in [0.5, 0.6) is 0 Å². The highest BCUT2D eigenvalue weighted by molar-refractivity contribution is 7.15. The first-order valence-electron chi connectivity index (χ1n) is 11.0. The Hall–Kier alpha value is -3.32. The number of benzene rings is 2. The molecule has 2 aromatic carbocycles. The molecule has 4 aromatic rings. The molecule has 0 bridgehead atoms. The summed E-state index contributed by atoms with van der Waals surface area (Å²) >= 11 is 1.59. The highest BCUT2D eigenvalue weighted by Gasteiger charge is 2.54. The molecular formula is C25H23N5OS. The van der Waals surface area contributed by atoms with Crippen LogP contribution in [0.4, 0.5) is 5.82 Å². The van der Waals surface area contributed by atoms with Crippen molar-refractivity contribution in [2.24, 2.45) is 11.8 Å². The number of hydrogen-bond donors (Lipinski definition) is 1. The van der Waals surface area contributed by atoms with Crippen LogP contribution in [0.2, 0.25) is 0 Å². The number of rotatable bonds is 5. The van der Waals surface area contributed by atoms with Crippen LogP contribution in [-0.4, -0.2) is 44.9 Å². The molecule has 7 heteroatoms. The van der Waals surface area contributed by atoms with Crippen molar-refractivity contribution in [3.8, 4) is 10.4 Å². The molecule has 1 aliphatic carbocycles. The van der Waals surface area contributed by atoms with Gasteiger partial charge in [-0.05, 0) is 42.9 Å². The maximum atomic E-state index is 13.6. The second-order valence-corrected chi connectivity index (χ2v) is 9.79.